The molecule has 0 radical (unpaired) electrons. The van der Waals surface area contributed by atoms with Crippen molar-refractivity contribution in [2.45, 2.75) is 13.0 Å². The quantitative estimate of drug-likeness (QED) is 0.652. The van der Waals surface area contributed by atoms with Crippen molar-refractivity contribution in [2.75, 3.05) is 12.4 Å². The lowest BCUT2D eigenvalue weighted by Crippen LogP contribution is -2.24. The number of nitrogens with zero attached hydrogens (tertiary/aromatic N) is 1. The largest absolute Gasteiger partial charge is 0.497 e. The predicted octanol–water partition coefficient (Wildman–Crippen LogP) is 3.32. The van der Waals surface area contributed by atoms with Crippen LogP contribution in [0.25, 0.3) is 0 Å². The summed E-state index contributed by atoms with van der Waals surface area (Å²) in [6.07, 6.45) is 0.161. The van der Waals surface area contributed by atoms with Crippen molar-refractivity contribution in [1.29, 1.82) is 0 Å². The predicted molar refractivity (Wildman–Crippen MR) is 103 cm³/mol. The summed E-state index contributed by atoms with van der Waals surface area (Å²) in [4.78, 5) is 28.4. The highest BCUT2D eigenvalue weighted by Crippen LogP contribution is 2.18. The molecule has 0 saturated carbocycles. The standard InChI is InChI=1S/C18H17N3O3S2/c1-24-15-4-2-3-12(7-15)9-19-16(22)8-14-11-26-18(20-14)21-17(23)13-5-6-25-10-13/h2-7,10-11H,8-9H2,1H3,(H,19,22)(H,20,21,23). The SMILES string of the molecule is COc1cccc(CNC(=O)Cc2csc(NC(=O)c3ccsc3)n2)c1. The number of hydrogen-bond donors (Lipinski definition) is 2. The lowest BCUT2D eigenvalue weighted by Gasteiger charge is -2.06. The lowest BCUT2D eigenvalue weighted by atomic mass is 10.2. The Bertz CT molecular complexity index is 891. The van der Waals surface area contributed by atoms with Crippen LogP contribution in [0, 0.1) is 0 Å². The Labute approximate surface area is 158 Å². The molecule has 0 aliphatic carbocycles. The van der Waals surface area contributed by atoms with Gasteiger partial charge in [-0.15, -0.1) is 11.3 Å². The zero-order valence-electron chi connectivity index (χ0n) is 14.0. The van der Waals surface area contributed by atoms with Crippen molar-refractivity contribution in [2.24, 2.45) is 0 Å². The van der Waals surface area contributed by atoms with E-state index >= 15 is 0 Å². The highest BCUT2D eigenvalue weighted by atomic mass is 32.1. The Hall–Kier alpha value is -2.71. The molecule has 3 rings (SSSR count). The number of thiazole rings is 1. The summed E-state index contributed by atoms with van der Waals surface area (Å²) >= 11 is 2.76. The van der Waals surface area contributed by atoms with Crippen molar-refractivity contribution in [3.05, 3.63) is 63.3 Å². The van der Waals surface area contributed by atoms with Crippen LogP contribution in [-0.2, 0) is 17.8 Å². The van der Waals surface area contributed by atoms with Gasteiger partial charge in [-0.3, -0.25) is 14.9 Å². The van der Waals surface area contributed by atoms with E-state index in [4.69, 9.17) is 4.74 Å². The van der Waals surface area contributed by atoms with E-state index in [-0.39, 0.29) is 18.2 Å². The van der Waals surface area contributed by atoms with Gasteiger partial charge in [0, 0.05) is 17.3 Å². The smallest absolute Gasteiger partial charge is 0.258 e. The van der Waals surface area contributed by atoms with Crippen LogP contribution < -0.4 is 15.4 Å². The molecule has 0 aliphatic heterocycles. The number of carbonyl (C=O) groups excluding carboxylic acids is 2. The van der Waals surface area contributed by atoms with Gasteiger partial charge in [-0.05, 0) is 29.1 Å². The van der Waals surface area contributed by atoms with Gasteiger partial charge in [-0.1, -0.05) is 12.1 Å². The normalized spacial score (nSPS) is 10.3. The zero-order valence-corrected chi connectivity index (χ0v) is 15.7. The molecule has 0 saturated heterocycles. The fourth-order valence-electron chi connectivity index (χ4n) is 2.22. The van der Waals surface area contributed by atoms with Crippen LogP contribution in [0.2, 0.25) is 0 Å². The molecule has 134 valence electrons. The van der Waals surface area contributed by atoms with Crippen LogP contribution in [0.4, 0.5) is 5.13 Å². The second-order valence-corrected chi connectivity index (χ2v) is 7.05. The van der Waals surface area contributed by atoms with Gasteiger partial charge in [-0.25, -0.2) is 4.98 Å². The summed E-state index contributed by atoms with van der Waals surface area (Å²) in [5.74, 6) is 0.422. The van der Waals surface area contributed by atoms with E-state index in [1.807, 2.05) is 29.6 Å². The summed E-state index contributed by atoms with van der Waals surface area (Å²) in [5, 5.41) is 11.5. The van der Waals surface area contributed by atoms with Crippen molar-refractivity contribution < 1.29 is 14.3 Å². The maximum atomic E-state index is 12.1. The summed E-state index contributed by atoms with van der Waals surface area (Å²) in [5.41, 5.74) is 2.18. The van der Waals surface area contributed by atoms with Crippen LogP contribution in [-0.4, -0.2) is 23.9 Å². The highest BCUT2D eigenvalue weighted by molar-refractivity contribution is 7.14. The molecule has 0 unspecified atom stereocenters. The third-order valence-corrected chi connectivity index (χ3v) is 5.01. The zero-order chi connectivity index (χ0) is 18.4. The summed E-state index contributed by atoms with van der Waals surface area (Å²) in [7, 11) is 1.61. The number of ether oxygens (including phenoxy) is 1. The monoisotopic (exact) mass is 387 g/mol. The van der Waals surface area contributed by atoms with Gasteiger partial charge in [0.2, 0.25) is 5.91 Å². The number of rotatable bonds is 7. The Balaban J connectivity index is 1.50. The third-order valence-electron chi connectivity index (χ3n) is 3.52. The van der Waals surface area contributed by atoms with E-state index in [0.717, 1.165) is 11.3 Å². The maximum Gasteiger partial charge on any atom is 0.258 e. The second-order valence-electron chi connectivity index (χ2n) is 5.42. The molecule has 2 N–H and O–H groups in total. The number of anilines is 1. The van der Waals surface area contributed by atoms with Gasteiger partial charge in [-0.2, -0.15) is 11.3 Å². The molecular weight excluding hydrogens is 370 g/mol. The molecule has 0 aliphatic rings. The number of hydrogen-bond acceptors (Lipinski definition) is 6. The molecular formula is C18H17N3O3S2. The molecule has 0 fully saturated rings. The van der Waals surface area contributed by atoms with Crippen molar-refractivity contribution in [3.8, 4) is 5.75 Å². The number of carbonyl (C=O) groups is 2. The van der Waals surface area contributed by atoms with Crippen molar-refractivity contribution in [1.82, 2.24) is 10.3 Å². The van der Waals surface area contributed by atoms with E-state index in [2.05, 4.69) is 15.6 Å². The molecule has 3 aromatic rings. The first kappa shape index (κ1) is 18.1. The Morgan fingerprint density at radius 3 is 2.88 bits per heavy atom. The van der Waals surface area contributed by atoms with Crippen LogP contribution >= 0.6 is 22.7 Å². The van der Waals surface area contributed by atoms with Gasteiger partial charge in [0.25, 0.3) is 5.91 Å². The fraction of sp³-hybridized carbons (Fsp3) is 0.167. The summed E-state index contributed by atoms with van der Waals surface area (Å²) in [6.45, 7) is 0.419. The fourth-order valence-corrected chi connectivity index (χ4v) is 3.56. The molecule has 0 spiro atoms. The van der Waals surface area contributed by atoms with Gasteiger partial charge in [0.05, 0.1) is 24.8 Å². The maximum absolute atomic E-state index is 12.1. The second kappa shape index (κ2) is 8.59. The minimum absolute atomic E-state index is 0.131. The average Bonchev–Trinajstić information content (AvgIpc) is 3.32. The molecule has 26 heavy (non-hydrogen) atoms. The average molecular weight is 387 g/mol. The lowest BCUT2D eigenvalue weighted by molar-refractivity contribution is -0.120. The van der Waals surface area contributed by atoms with Crippen LogP contribution in [0.5, 0.6) is 5.75 Å². The number of thiophene rings is 1. The van der Waals surface area contributed by atoms with Crippen LogP contribution in [0.1, 0.15) is 21.6 Å². The van der Waals surface area contributed by atoms with E-state index in [1.165, 1.54) is 22.7 Å². The van der Waals surface area contributed by atoms with E-state index in [1.54, 1.807) is 23.9 Å². The molecule has 0 atom stereocenters. The van der Waals surface area contributed by atoms with Gasteiger partial charge in [0.15, 0.2) is 5.13 Å². The minimum atomic E-state index is -0.199. The Morgan fingerprint density at radius 2 is 2.12 bits per heavy atom. The first-order chi connectivity index (χ1) is 12.6. The number of amides is 2. The Morgan fingerprint density at radius 1 is 1.23 bits per heavy atom. The van der Waals surface area contributed by atoms with Gasteiger partial charge >= 0.3 is 0 Å². The van der Waals surface area contributed by atoms with Crippen LogP contribution in [0.3, 0.4) is 0 Å². The van der Waals surface area contributed by atoms with E-state index in [9.17, 15) is 9.59 Å². The first-order valence-corrected chi connectivity index (χ1v) is 9.64. The number of methoxy groups -OCH3 is 1. The van der Waals surface area contributed by atoms with E-state index < -0.39 is 0 Å². The third kappa shape index (κ3) is 4.90. The Kier molecular flexibility index (Phi) is 5.98. The minimum Gasteiger partial charge on any atom is -0.497 e. The molecule has 1 aromatic carbocycles. The molecule has 6 nitrogen and oxygen atoms in total. The number of nitrogens with one attached hydrogen (secondary N) is 2. The summed E-state index contributed by atoms with van der Waals surface area (Å²) < 4.78 is 5.16. The molecule has 2 amide bonds. The van der Waals surface area contributed by atoms with Crippen molar-refractivity contribution in [3.63, 3.8) is 0 Å². The molecule has 2 aromatic heterocycles. The highest BCUT2D eigenvalue weighted by Gasteiger charge is 2.11. The van der Waals surface area contributed by atoms with Crippen LogP contribution in [0.15, 0.2) is 46.5 Å². The number of aromatic nitrogens is 1. The van der Waals surface area contributed by atoms with Gasteiger partial charge in [0.1, 0.15) is 5.75 Å². The van der Waals surface area contributed by atoms with Crippen molar-refractivity contribution >= 4 is 39.6 Å². The summed E-state index contributed by atoms with van der Waals surface area (Å²) in [6, 6.07) is 9.28. The van der Waals surface area contributed by atoms with E-state index in [0.29, 0.717) is 22.9 Å². The van der Waals surface area contributed by atoms with Gasteiger partial charge < -0.3 is 10.1 Å². The molecule has 8 heteroatoms. The first-order valence-electron chi connectivity index (χ1n) is 7.81. The molecule has 2 heterocycles. The molecule has 0 bridgehead atoms. The topological polar surface area (TPSA) is 80.3 Å². The number of benzene rings is 1.